The van der Waals surface area contributed by atoms with E-state index in [0.717, 1.165) is 23.9 Å². The van der Waals surface area contributed by atoms with E-state index in [4.69, 9.17) is 0 Å². The molecule has 0 bridgehead atoms. The standard InChI is InChI=1S/C16H32N2/c1-4-13(5-2)12-18(6-3)16-10-7-14(16)11-17-15-8-9-15/h13-17H,4-12H2,1-3H3. The second-order valence-electron chi connectivity index (χ2n) is 6.36. The van der Waals surface area contributed by atoms with E-state index >= 15 is 0 Å². The van der Waals surface area contributed by atoms with Gasteiger partial charge in [0, 0.05) is 18.6 Å². The Morgan fingerprint density at radius 3 is 2.22 bits per heavy atom. The summed E-state index contributed by atoms with van der Waals surface area (Å²) in [6.45, 7) is 10.9. The highest BCUT2D eigenvalue weighted by atomic mass is 15.2. The van der Waals surface area contributed by atoms with Gasteiger partial charge in [-0.1, -0.05) is 33.6 Å². The van der Waals surface area contributed by atoms with Crippen LogP contribution in [0.2, 0.25) is 0 Å². The summed E-state index contributed by atoms with van der Waals surface area (Å²) in [5, 5.41) is 3.72. The summed E-state index contributed by atoms with van der Waals surface area (Å²) in [4.78, 5) is 2.76. The molecule has 2 unspecified atom stereocenters. The van der Waals surface area contributed by atoms with Crippen LogP contribution in [-0.2, 0) is 0 Å². The molecule has 0 spiro atoms. The molecule has 18 heavy (non-hydrogen) atoms. The van der Waals surface area contributed by atoms with Gasteiger partial charge in [0.1, 0.15) is 0 Å². The maximum atomic E-state index is 3.72. The molecule has 2 rings (SSSR count). The summed E-state index contributed by atoms with van der Waals surface area (Å²) in [5.41, 5.74) is 0. The summed E-state index contributed by atoms with van der Waals surface area (Å²) in [6.07, 6.45) is 8.40. The number of hydrogen-bond acceptors (Lipinski definition) is 2. The molecule has 0 aromatic rings. The summed E-state index contributed by atoms with van der Waals surface area (Å²) < 4.78 is 0. The molecule has 2 saturated carbocycles. The van der Waals surface area contributed by atoms with E-state index < -0.39 is 0 Å². The molecule has 2 nitrogen and oxygen atoms in total. The molecule has 0 aromatic carbocycles. The fourth-order valence-electron chi connectivity index (χ4n) is 3.25. The lowest BCUT2D eigenvalue weighted by molar-refractivity contribution is 0.0518. The Kier molecular flexibility index (Phi) is 5.50. The predicted octanol–water partition coefficient (Wildman–Crippen LogP) is 3.28. The van der Waals surface area contributed by atoms with Gasteiger partial charge in [0.2, 0.25) is 0 Å². The minimum absolute atomic E-state index is 0.875. The van der Waals surface area contributed by atoms with Crippen molar-refractivity contribution in [3.05, 3.63) is 0 Å². The van der Waals surface area contributed by atoms with Crippen LogP contribution in [0.3, 0.4) is 0 Å². The van der Waals surface area contributed by atoms with Gasteiger partial charge in [-0.25, -0.2) is 0 Å². The van der Waals surface area contributed by atoms with Crippen molar-refractivity contribution < 1.29 is 0 Å². The van der Waals surface area contributed by atoms with E-state index in [0.29, 0.717) is 0 Å². The first kappa shape index (κ1) is 14.3. The quantitative estimate of drug-likeness (QED) is 0.677. The Morgan fingerprint density at radius 2 is 1.78 bits per heavy atom. The van der Waals surface area contributed by atoms with Gasteiger partial charge in [-0.2, -0.15) is 0 Å². The van der Waals surface area contributed by atoms with Gasteiger partial charge in [0.25, 0.3) is 0 Å². The van der Waals surface area contributed by atoms with Gasteiger partial charge < -0.3 is 10.2 Å². The van der Waals surface area contributed by atoms with Crippen LogP contribution in [0.5, 0.6) is 0 Å². The molecule has 2 fully saturated rings. The molecule has 2 aliphatic rings. The fourth-order valence-corrected chi connectivity index (χ4v) is 3.25. The number of rotatable bonds is 9. The van der Waals surface area contributed by atoms with Crippen molar-refractivity contribution in [1.82, 2.24) is 10.2 Å². The van der Waals surface area contributed by atoms with Gasteiger partial charge in [-0.3, -0.25) is 0 Å². The Labute approximate surface area is 114 Å². The second-order valence-corrected chi connectivity index (χ2v) is 6.36. The monoisotopic (exact) mass is 252 g/mol. The van der Waals surface area contributed by atoms with Crippen molar-refractivity contribution in [2.75, 3.05) is 19.6 Å². The van der Waals surface area contributed by atoms with Gasteiger partial charge >= 0.3 is 0 Å². The third kappa shape index (κ3) is 3.71. The Hall–Kier alpha value is -0.0800. The van der Waals surface area contributed by atoms with Crippen LogP contribution in [0.15, 0.2) is 0 Å². The maximum Gasteiger partial charge on any atom is 0.0136 e. The van der Waals surface area contributed by atoms with E-state index in [1.807, 2.05) is 0 Å². The molecule has 2 atom stereocenters. The first-order chi connectivity index (χ1) is 8.78. The molecule has 1 N–H and O–H groups in total. The molecule has 0 heterocycles. The zero-order valence-electron chi connectivity index (χ0n) is 12.6. The molecular weight excluding hydrogens is 220 g/mol. The summed E-state index contributed by atoms with van der Waals surface area (Å²) in [5.74, 6) is 1.84. The average molecular weight is 252 g/mol. The van der Waals surface area contributed by atoms with Crippen molar-refractivity contribution in [2.45, 2.75) is 71.4 Å². The van der Waals surface area contributed by atoms with Crippen molar-refractivity contribution >= 4 is 0 Å². The summed E-state index contributed by atoms with van der Waals surface area (Å²) in [7, 11) is 0. The molecule has 2 heteroatoms. The van der Waals surface area contributed by atoms with E-state index in [1.54, 1.807) is 0 Å². The van der Waals surface area contributed by atoms with Crippen LogP contribution in [0.1, 0.15) is 59.3 Å². The number of nitrogens with one attached hydrogen (secondary N) is 1. The van der Waals surface area contributed by atoms with Crippen molar-refractivity contribution in [1.29, 1.82) is 0 Å². The van der Waals surface area contributed by atoms with Crippen molar-refractivity contribution in [3.63, 3.8) is 0 Å². The SMILES string of the molecule is CCC(CC)CN(CC)C1CCC1CNC1CC1. The molecule has 106 valence electrons. The molecular formula is C16H32N2. The first-order valence-electron chi connectivity index (χ1n) is 8.25. The van der Waals surface area contributed by atoms with Crippen LogP contribution in [0.4, 0.5) is 0 Å². The molecule has 0 aliphatic heterocycles. The summed E-state index contributed by atoms with van der Waals surface area (Å²) >= 11 is 0. The zero-order chi connectivity index (χ0) is 13.0. The first-order valence-corrected chi connectivity index (χ1v) is 8.25. The van der Waals surface area contributed by atoms with E-state index in [2.05, 4.69) is 31.0 Å². The molecule has 0 amide bonds. The zero-order valence-corrected chi connectivity index (χ0v) is 12.6. The lowest BCUT2D eigenvalue weighted by atomic mass is 9.78. The smallest absolute Gasteiger partial charge is 0.0136 e. The van der Waals surface area contributed by atoms with Crippen LogP contribution in [-0.4, -0.2) is 36.6 Å². The Bertz CT molecular complexity index is 233. The average Bonchev–Trinajstić information content (AvgIpc) is 3.17. The molecule has 0 saturated heterocycles. The van der Waals surface area contributed by atoms with E-state index in [-0.39, 0.29) is 0 Å². The largest absolute Gasteiger partial charge is 0.314 e. The Morgan fingerprint density at radius 1 is 1.06 bits per heavy atom. The van der Waals surface area contributed by atoms with Crippen molar-refractivity contribution in [3.8, 4) is 0 Å². The number of hydrogen-bond donors (Lipinski definition) is 1. The van der Waals surface area contributed by atoms with Gasteiger partial charge in [-0.15, -0.1) is 0 Å². The van der Waals surface area contributed by atoms with Crippen molar-refractivity contribution in [2.24, 2.45) is 11.8 Å². The van der Waals surface area contributed by atoms with Crippen LogP contribution in [0.25, 0.3) is 0 Å². The highest BCUT2D eigenvalue weighted by Crippen LogP contribution is 2.33. The maximum absolute atomic E-state index is 3.72. The van der Waals surface area contributed by atoms with Gasteiger partial charge in [0.15, 0.2) is 0 Å². The lowest BCUT2D eigenvalue weighted by Gasteiger charge is -2.45. The molecule has 2 aliphatic carbocycles. The second kappa shape index (κ2) is 6.91. The van der Waals surface area contributed by atoms with Gasteiger partial charge in [-0.05, 0) is 50.6 Å². The predicted molar refractivity (Wildman–Crippen MR) is 78.9 cm³/mol. The lowest BCUT2D eigenvalue weighted by Crippen LogP contribution is -2.51. The highest BCUT2D eigenvalue weighted by molar-refractivity contribution is 4.92. The van der Waals surface area contributed by atoms with Crippen LogP contribution in [0, 0.1) is 11.8 Å². The molecule has 0 radical (unpaired) electrons. The fraction of sp³-hybridized carbons (Fsp3) is 1.00. The third-order valence-electron chi connectivity index (χ3n) is 5.15. The van der Waals surface area contributed by atoms with Crippen LogP contribution >= 0.6 is 0 Å². The molecule has 0 aromatic heterocycles. The Balaban J connectivity index is 1.75. The normalized spacial score (nSPS) is 27.8. The topological polar surface area (TPSA) is 15.3 Å². The van der Waals surface area contributed by atoms with E-state index in [1.165, 1.54) is 58.2 Å². The highest BCUT2D eigenvalue weighted by Gasteiger charge is 2.36. The van der Waals surface area contributed by atoms with Gasteiger partial charge in [0.05, 0.1) is 0 Å². The summed E-state index contributed by atoms with van der Waals surface area (Å²) in [6, 6.07) is 1.75. The minimum Gasteiger partial charge on any atom is -0.314 e. The minimum atomic E-state index is 0.875. The number of nitrogens with zero attached hydrogens (tertiary/aromatic N) is 1. The van der Waals surface area contributed by atoms with Crippen LogP contribution < -0.4 is 5.32 Å². The third-order valence-corrected chi connectivity index (χ3v) is 5.15. The van der Waals surface area contributed by atoms with E-state index in [9.17, 15) is 0 Å².